The molecule has 0 aromatic rings. The Bertz CT molecular complexity index is 236. The maximum atomic E-state index is 11.1. The standard InChI is InChI=1S/C10H24N4O/c1-9(2,13(5)8(11)15)7-10(3,4)14(6)12/h7,12H2,1-6H3,(H2,11,15). The van der Waals surface area contributed by atoms with Gasteiger partial charge in [-0.2, -0.15) is 0 Å². The summed E-state index contributed by atoms with van der Waals surface area (Å²) >= 11 is 0. The summed E-state index contributed by atoms with van der Waals surface area (Å²) in [4.78, 5) is 12.6. The molecular formula is C10H24N4O. The van der Waals surface area contributed by atoms with Gasteiger partial charge in [-0.3, -0.25) is 5.84 Å². The summed E-state index contributed by atoms with van der Waals surface area (Å²) in [6.07, 6.45) is 0.742. The zero-order valence-corrected chi connectivity index (χ0v) is 10.7. The van der Waals surface area contributed by atoms with Gasteiger partial charge in [-0.15, -0.1) is 0 Å². The molecule has 0 atom stereocenters. The van der Waals surface area contributed by atoms with Crippen LogP contribution in [0.3, 0.4) is 0 Å². The average molecular weight is 216 g/mol. The molecule has 0 aromatic heterocycles. The third kappa shape index (κ3) is 3.68. The van der Waals surface area contributed by atoms with E-state index in [9.17, 15) is 4.79 Å². The molecule has 0 aliphatic rings. The van der Waals surface area contributed by atoms with Gasteiger partial charge >= 0.3 is 6.03 Å². The Hall–Kier alpha value is -0.810. The third-order valence-corrected chi connectivity index (χ3v) is 3.06. The van der Waals surface area contributed by atoms with Crippen molar-refractivity contribution >= 4 is 6.03 Å². The molecule has 15 heavy (non-hydrogen) atoms. The Balaban J connectivity index is 4.70. The van der Waals surface area contributed by atoms with Crippen LogP contribution in [0.1, 0.15) is 34.1 Å². The minimum absolute atomic E-state index is 0.187. The molecule has 0 radical (unpaired) electrons. The Morgan fingerprint density at radius 2 is 1.53 bits per heavy atom. The van der Waals surface area contributed by atoms with Crippen LogP contribution in [-0.2, 0) is 0 Å². The van der Waals surface area contributed by atoms with Gasteiger partial charge < -0.3 is 10.6 Å². The summed E-state index contributed by atoms with van der Waals surface area (Å²) in [6.45, 7) is 8.01. The highest BCUT2D eigenvalue weighted by Crippen LogP contribution is 2.27. The summed E-state index contributed by atoms with van der Waals surface area (Å²) in [6, 6.07) is -0.421. The summed E-state index contributed by atoms with van der Waals surface area (Å²) in [5, 5.41) is 1.66. The largest absolute Gasteiger partial charge is 0.351 e. The monoisotopic (exact) mass is 216 g/mol. The Labute approximate surface area is 92.4 Å². The first-order valence-corrected chi connectivity index (χ1v) is 5.02. The zero-order chi connectivity index (χ0) is 12.4. The quantitative estimate of drug-likeness (QED) is 0.538. The summed E-state index contributed by atoms with van der Waals surface area (Å²) in [5.41, 5.74) is 4.76. The van der Waals surface area contributed by atoms with Gasteiger partial charge in [0.15, 0.2) is 0 Å². The van der Waals surface area contributed by atoms with Gasteiger partial charge in [-0.25, -0.2) is 9.80 Å². The Morgan fingerprint density at radius 3 is 1.80 bits per heavy atom. The topological polar surface area (TPSA) is 75.6 Å². The van der Waals surface area contributed by atoms with E-state index in [1.165, 1.54) is 4.90 Å². The first-order valence-electron chi connectivity index (χ1n) is 5.02. The number of nitrogens with two attached hydrogens (primary N) is 2. The van der Waals surface area contributed by atoms with Crippen molar-refractivity contribution in [2.75, 3.05) is 14.1 Å². The number of nitrogens with zero attached hydrogens (tertiary/aromatic N) is 2. The van der Waals surface area contributed by atoms with E-state index in [0.29, 0.717) is 0 Å². The summed E-state index contributed by atoms with van der Waals surface area (Å²) in [5.74, 6) is 5.75. The van der Waals surface area contributed by atoms with Gasteiger partial charge in [-0.1, -0.05) is 0 Å². The van der Waals surface area contributed by atoms with E-state index in [4.69, 9.17) is 11.6 Å². The molecule has 0 bridgehead atoms. The predicted molar refractivity (Wildman–Crippen MR) is 62.1 cm³/mol. The summed E-state index contributed by atoms with van der Waals surface area (Å²) < 4.78 is 0. The fraction of sp³-hybridized carbons (Fsp3) is 0.900. The lowest BCUT2D eigenvalue weighted by atomic mass is 9.85. The minimum atomic E-state index is -0.421. The normalized spacial score (nSPS) is 13.1. The molecule has 0 aliphatic heterocycles. The lowest BCUT2D eigenvalue weighted by molar-refractivity contribution is 0.0736. The van der Waals surface area contributed by atoms with Crippen molar-refractivity contribution in [2.24, 2.45) is 11.6 Å². The molecule has 90 valence electrons. The molecule has 4 N–H and O–H groups in total. The van der Waals surface area contributed by atoms with Crippen LogP contribution in [0.4, 0.5) is 4.79 Å². The lowest BCUT2D eigenvalue weighted by Gasteiger charge is -2.43. The third-order valence-electron chi connectivity index (χ3n) is 3.06. The molecule has 0 heterocycles. The number of hydrazine groups is 1. The molecule has 0 fully saturated rings. The number of rotatable bonds is 4. The maximum Gasteiger partial charge on any atom is 0.314 e. The number of primary amides is 1. The van der Waals surface area contributed by atoms with Crippen LogP contribution in [0.2, 0.25) is 0 Å². The first kappa shape index (κ1) is 14.2. The molecule has 0 saturated carbocycles. The highest BCUT2D eigenvalue weighted by Gasteiger charge is 2.34. The molecule has 0 spiro atoms. The molecule has 0 unspecified atom stereocenters. The fourth-order valence-electron chi connectivity index (χ4n) is 1.60. The Morgan fingerprint density at radius 1 is 1.13 bits per heavy atom. The van der Waals surface area contributed by atoms with E-state index in [0.717, 1.165) is 6.42 Å². The van der Waals surface area contributed by atoms with Gasteiger partial charge in [0.25, 0.3) is 0 Å². The van der Waals surface area contributed by atoms with Crippen LogP contribution < -0.4 is 11.6 Å². The molecule has 2 amide bonds. The lowest BCUT2D eigenvalue weighted by Crippen LogP contribution is -2.56. The van der Waals surface area contributed by atoms with Crippen molar-refractivity contribution in [3.63, 3.8) is 0 Å². The fourth-order valence-corrected chi connectivity index (χ4v) is 1.60. The number of hydrogen-bond donors (Lipinski definition) is 2. The number of urea groups is 1. The number of carbonyl (C=O) groups excluding carboxylic acids is 1. The van der Waals surface area contributed by atoms with E-state index in [2.05, 4.69) is 0 Å². The second kappa shape index (κ2) is 4.37. The van der Waals surface area contributed by atoms with E-state index in [1.807, 2.05) is 34.7 Å². The number of amides is 2. The maximum absolute atomic E-state index is 11.1. The van der Waals surface area contributed by atoms with Gasteiger partial charge in [0, 0.05) is 25.2 Å². The van der Waals surface area contributed by atoms with E-state index < -0.39 is 6.03 Å². The molecule has 5 nitrogen and oxygen atoms in total. The van der Waals surface area contributed by atoms with Crippen LogP contribution in [0.25, 0.3) is 0 Å². The molecule has 0 saturated heterocycles. The van der Waals surface area contributed by atoms with Crippen molar-refractivity contribution in [3.05, 3.63) is 0 Å². The molecule has 0 aromatic carbocycles. The van der Waals surface area contributed by atoms with Crippen molar-refractivity contribution in [1.29, 1.82) is 0 Å². The zero-order valence-electron chi connectivity index (χ0n) is 10.7. The van der Waals surface area contributed by atoms with Crippen LogP contribution in [0.15, 0.2) is 0 Å². The average Bonchev–Trinajstić information content (AvgIpc) is 2.00. The van der Waals surface area contributed by atoms with Crippen molar-refractivity contribution in [3.8, 4) is 0 Å². The van der Waals surface area contributed by atoms with Crippen molar-refractivity contribution in [1.82, 2.24) is 9.91 Å². The van der Waals surface area contributed by atoms with Crippen LogP contribution in [0, 0.1) is 0 Å². The van der Waals surface area contributed by atoms with E-state index in [-0.39, 0.29) is 11.1 Å². The van der Waals surface area contributed by atoms with Crippen LogP contribution in [-0.4, -0.2) is 41.1 Å². The molecule has 0 aliphatic carbocycles. The highest BCUT2D eigenvalue weighted by atomic mass is 16.2. The second-order valence-electron chi connectivity index (χ2n) is 5.31. The smallest absolute Gasteiger partial charge is 0.314 e. The molecular weight excluding hydrogens is 192 g/mol. The summed E-state index contributed by atoms with van der Waals surface area (Å²) in [7, 11) is 3.52. The van der Waals surface area contributed by atoms with Crippen LogP contribution in [0.5, 0.6) is 0 Å². The predicted octanol–water partition coefficient (Wildman–Crippen LogP) is 0.750. The van der Waals surface area contributed by atoms with Gasteiger partial charge in [0.1, 0.15) is 0 Å². The molecule has 5 heteroatoms. The minimum Gasteiger partial charge on any atom is -0.351 e. The van der Waals surface area contributed by atoms with E-state index in [1.54, 1.807) is 12.1 Å². The van der Waals surface area contributed by atoms with Gasteiger partial charge in [0.2, 0.25) is 0 Å². The second-order valence-corrected chi connectivity index (χ2v) is 5.31. The Kier molecular flexibility index (Phi) is 4.13. The first-order chi connectivity index (χ1) is 6.50. The van der Waals surface area contributed by atoms with Gasteiger partial charge in [-0.05, 0) is 34.1 Å². The highest BCUT2D eigenvalue weighted by molar-refractivity contribution is 5.72. The number of carbonyl (C=O) groups is 1. The SMILES string of the molecule is CN(N)C(C)(C)CC(C)(C)N(C)C(N)=O. The number of hydrogen-bond acceptors (Lipinski definition) is 3. The van der Waals surface area contributed by atoms with Crippen molar-refractivity contribution in [2.45, 2.75) is 45.2 Å². The molecule has 0 rings (SSSR count). The van der Waals surface area contributed by atoms with Gasteiger partial charge in [0.05, 0.1) is 0 Å². The van der Waals surface area contributed by atoms with Crippen LogP contribution >= 0.6 is 0 Å². The van der Waals surface area contributed by atoms with E-state index >= 15 is 0 Å². The van der Waals surface area contributed by atoms with Crippen molar-refractivity contribution < 1.29 is 4.79 Å².